The number of furan rings is 1. The maximum Gasteiger partial charge on any atom is 0.133 e. The molecule has 1 heterocycles. The van der Waals surface area contributed by atoms with Crippen LogP contribution >= 0.6 is 0 Å². The van der Waals surface area contributed by atoms with Crippen LogP contribution in [0.2, 0.25) is 0 Å². The average Bonchev–Trinajstić information content (AvgIpc) is 3.02. The molecule has 0 unspecified atom stereocenters. The quantitative estimate of drug-likeness (QED) is 0.633. The SMILES string of the molecule is C=C(c1ccccc1)c1ccc(-c2ccco2)cc1. The zero-order chi connectivity index (χ0) is 13.1. The van der Waals surface area contributed by atoms with Crippen molar-refractivity contribution in [2.75, 3.05) is 0 Å². The van der Waals surface area contributed by atoms with Gasteiger partial charge in [-0.2, -0.15) is 0 Å². The van der Waals surface area contributed by atoms with Crippen molar-refractivity contribution < 1.29 is 4.42 Å². The summed E-state index contributed by atoms with van der Waals surface area (Å²) in [7, 11) is 0. The highest BCUT2D eigenvalue weighted by Crippen LogP contribution is 2.25. The summed E-state index contributed by atoms with van der Waals surface area (Å²) in [5.74, 6) is 0.886. The lowest BCUT2D eigenvalue weighted by atomic mass is 9.98. The fourth-order valence-corrected chi connectivity index (χ4v) is 2.08. The van der Waals surface area contributed by atoms with E-state index in [4.69, 9.17) is 4.42 Å². The Balaban J connectivity index is 1.89. The van der Waals surface area contributed by atoms with Gasteiger partial charge in [-0.25, -0.2) is 0 Å². The van der Waals surface area contributed by atoms with Gasteiger partial charge in [-0.15, -0.1) is 0 Å². The number of rotatable bonds is 3. The Labute approximate surface area is 112 Å². The van der Waals surface area contributed by atoms with Crippen molar-refractivity contribution in [3.05, 3.63) is 90.7 Å². The first-order valence-corrected chi connectivity index (χ1v) is 6.23. The predicted octanol–water partition coefficient (Wildman–Crippen LogP) is 5.01. The molecule has 1 nitrogen and oxygen atoms in total. The van der Waals surface area contributed by atoms with E-state index in [9.17, 15) is 0 Å². The van der Waals surface area contributed by atoms with Crippen molar-refractivity contribution in [2.24, 2.45) is 0 Å². The van der Waals surface area contributed by atoms with Crippen LogP contribution < -0.4 is 0 Å². The van der Waals surface area contributed by atoms with E-state index in [2.05, 4.69) is 43.0 Å². The highest BCUT2D eigenvalue weighted by molar-refractivity contribution is 5.78. The first kappa shape index (κ1) is 11.5. The smallest absolute Gasteiger partial charge is 0.133 e. The second-order valence-corrected chi connectivity index (χ2v) is 4.40. The minimum absolute atomic E-state index is 0.886. The Morgan fingerprint density at radius 3 is 2.05 bits per heavy atom. The molecule has 0 saturated heterocycles. The molecule has 1 heteroatoms. The van der Waals surface area contributed by atoms with Crippen molar-refractivity contribution in [3.8, 4) is 11.3 Å². The fraction of sp³-hybridized carbons (Fsp3) is 0. The van der Waals surface area contributed by atoms with E-state index >= 15 is 0 Å². The highest BCUT2D eigenvalue weighted by atomic mass is 16.3. The summed E-state index contributed by atoms with van der Waals surface area (Å²) in [5.41, 5.74) is 4.39. The van der Waals surface area contributed by atoms with Crippen LogP contribution in [-0.2, 0) is 0 Å². The van der Waals surface area contributed by atoms with Gasteiger partial charge in [0.1, 0.15) is 5.76 Å². The monoisotopic (exact) mass is 246 g/mol. The van der Waals surface area contributed by atoms with Gasteiger partial charge in [-0.05, 0) is 28.8 Å². The average molecular weight is 246 g/mol. The lowest BCUT2D eigenvalue weighted by molar-refractivity contribution is 0.582. The maximum absolute atomic E-state index is 5.38. The van der Waals surface area contributed by atoms with Crippen molar-refractivity contribution in [2.45, 2.75) is 0 Å². The minimum Gasteiger partial charge on any atom is -0.464 e. The summed E-state index contributed by atoms with van der Waals surface area (Å²) < 4.78 is 5.38. The van der Waals surface area contributed by atoms with E-state index in [1.807, 2.05) is 30.3 Å². The largest absolute Gasteiger partial charge is 0.464 e. The first-order chi connectivity index (χ1) is 9.34. The molecule has 0 aliphatic carbocycles. The van der Waals surface area contributed by atoms with Crippen LogP contribution in [-0.4, -0.2) is 0 Å². The Morgan fingerprint density at radius 1 is 0.737 bits per heavy atom. The van der Waals surface area contributed by atoms with E-state index in [-0.39, 0.29) is 0 Å². The van der Waals surface area contributed by atoms with Crippen LogP contribution in [0.25, 0.3) is 16.9 Å². The molecule has 92 valence electrons. The molecule has 0 aliphatic heterocycles. The van der Waals surface area contributed by atoms with E-state index in [0.717, 1.165) is 28.0 Å². The van der Waals surface area contributed by atoms with Gasteiger partial charge in [0, 0.05) is 5.56 Å². The summed E-state index contributed by atoms with van der Waals surface area (Å²) in [6.07, 6.45) is 1.69. The third-order valence-electron chi connectivity index (χ3n) is 3.16. The third kappa shape index (κ3) is 2.36. The molecule has 19 heavy (non-hydrogen) atoms. The Bertz CT molecular complexity index is 661. The molecule has 3 rings (SSSR count). The fourth-order valence-electron chi connectivity index (χ4n) is 2.08. The van der Waals surface area contributed by atoms with E-state index in [1.54, 1.807) is 6.26 Å². The second kappa shape index (κ2) is 4.99. The van der Waals surface area contributed by atoms with Crippen LogP contribution in [0.3, 0.4) is 0 Å². The molecule has 0 aliphatic rings. The molecule has 3 aromatic rings. The van der Waals surface area contributed by atoms with Gasteiger partial charge < -0.3 is 4.42 Å². The molecule has 1 aromatic heterocycles. The highest BCUT2D eigenvalue weighted by Gasteiger charge is 2.04. The summed E-state index contributed by atoms with van der Waals surface area (Å²) in [4.78, 5) is 0. The topological polar surface area (TPSA) is 13.1 Å². The molecule has 2 aromatic carbocycles. The minimum atomic E-state index is 0.886. The Kier molecular flexibility index (Phi) is 3.03. The zero-order valence-electron chi connectivity index (χ0n) is 10.5. The number of hydrogen-bond acceptors (Lipinski definition) is 1. The van der Waals surface area contributed by atoms with E-state index < -0.39 is 0 Å². The normalized spacial score (nSPS) is 10.3. The van der Waals surface area contributed by atoms with E-state index in [1.165, 1.54) is 0 Å². The molecular formula is C18H14O. The van der Waals surface area contributed by atoms with E-state index in [0.29, 0.717) is 0 Å². The molecule has 0 radical (unpaired) electrons. The maximum atomic E-state index is 5.38. The second-order valence-electron chi connectivity index (χ2n) is 4.40. The molecule has 0 bridgehead atoms. The van der Waals surface area contributed by atoms with Gasteiger partial charge in [0.25, 0.3) is 0 Å². The van der Waals surface area contributed by atoms with Crippen molar-refractivity contribution >= 4 is 5.57 Å². The van der Waals surface area contributed by atoms with Crippen LogP contribution in [0, 0.1) is 0 Å². The van der Waals surface area contributed by atoms with Crippen molar-refractivity contribution in [1.82, 2.24) is 0 Å². The van der Waals surface area contributed by atoms with Crippen molar-refractivity contribution in [1.29, 1.82) is 0 Å². The van der Waals surface area contributed by atoms with Crippen LogP contribution in [0.4, 0.5) is 0 Å². The lowest BCUT2D eigenvalue weighted by Crippen LogP contribution is -1.85. The molecular weight excluding hydrogens is 232 g/mol. The summed E-state index contributed by atoms with van der Waals surface area (Å²) in [5, 5.41) is 0. The standard InChI is InChI=1S/C18H14O/c1-14(15-6-3-2-4-7-15)16-9-11-17(12-10-16)18-8-5-13-19-18/h2-13H,1H2. The van der Waals surface area contributed by atoms with Crippen molar-refractivity contribution in [3.63, 3.8) is 0 Å². The van der Waals surface area contributed by atoms with Gasteiger partial charge in [-0.1, -0.05) is 61.2 Å². The molecule has 0 fully saturated rings. The molecule has 0 atom stereocenters. The van der Waals surface area contributed by atoms with Gasteiger partial charge >= 0.3 is 0 Å². The Morgan fingerprint density at radius 2 is 1.42 bits per heavy atom. The zero-order valence-corrected chi connectivity index (χ0v) is 10.5. The van der Waals surface area contributed by atoms with Gasteiger partial charge in [0.15, 0.2) is 0 Å². The molecule has 0 N–H and O–H groups in total. The van der Waals surface area contributed by atoms with Gasteiger partial charge in [0.05, 0.1) is 6.26 Å². The molecule has 0 saturated carbocycles. The molecule has 0 amide bonds. The predicted molar refractivity (Wildman–Crippen MR) is 78.7 cm³/mol. The summed E-state index contributed by atoms with van der Waals surface area (Å²) in [6, 6.07) is 22.3. The Hall–Kier alpha value is -2.54. The lowest BCUT2D eigenvalue weighted by Gasteiger charge is -2.06. The number of benzene rings is 2. The van der Waals surface area contributed by atoms with Crippen LogP contribution in [0.15, 0.2) is 84.0 Å². The van der Waals surface area contributed by atoms with Gasteiger partial charge in [-0.3, -0.25) is 0 Å². The first-order valence-electron chi connectivity index (χ1n) is 6.23. The molecule has 0 spiro atoms. The third-order valence-corrected chi connectivity index (χ3v) is 3.16. The summed E-state index contributed by atoms with van der Waals surface area (Å²) in [6.45, 7) is 4.16. The van der Waals surface area contributed by atoms with Crippen LogP contribution in [0.5, 0.6) is 0 Å². The summed E-state index contributed by atoms with van der Waals surface area (Å²) >= 11 is 0. The number of hydrogen-bond donors (Lipinski definition) is 0. The van der Waals surface area contributed by atoms with Gasteiger partial charge in [0.2, 0.25) is 0 Å². The van der Waals surface area contributed by atoms with Crippen LogP contribution in [0.1, 0.15) is 11.1 Å².